The van der Waals surface area contributed by atoms with E-state index in [2.05, 4.69) is 4.98 Å². The van der Waals surface area contributed by atoms with Crippen LogP contribution < -0.4 is 4.90 Å². The molecule has 0 saturated carbocycles. The second-order valence-electron chi connectivity index (χ2n) is 4.26. The van der Waals surface area contributed by atoms with Crippen LogP contribution >= 0.6 is 0 Å². The quantitative estimate of drug-likeness (QED) is 0.828. The Bertz CT molecular complexity index is 485. The molecule has 17 heavy (non-hydrogen) atoms. The van der Waals surface area contributed by atoms with Gasteiger partial charge in [0.25, 0.3) is 0 Å². The molecule has 0 amide bonds. The van der Waals surface area contributed by atoms with Crippen LogP contribution in [0.15, 0.2) is 18.3 Å². The van der Waals surface area contributed by atoms with Crippen molar-refractivity contribution in [3.63, 3.8) is 0 Å². The summed E-state index contributed by atoms with van der Waals surface area (Å²) in [4.78, 5) is 6.15. The van der Waals surface area contributed by atoms with Gasteiger partial charge in [-0.15, -0.1) is 0 Å². The molecular weight excluding hydrogens is 240 g/mol. The van der Waals surface area contributed by atoms with Crippen molar-refractivity contribution >= 4 is 15.7 Å². The van der Waals surface area contributed by atoms with Crippen molar-refractivity contribution in [1.29, 1.82) is 0 Å². The van der Waals surface area contributed by atoms with E-state index in [9.17, 15) is 13.5 Å². The number of hydrogen-bond donors (Lipinski definition) is 1. The molecule has 1 atom stereocenters. The van der Waals surface area contributed by atoms with Gasteiger partial charge >= 0.3 is 0 Å². The minimum Gasteiger partial charge on any atom is -0.389 e. The Morgan fingerprint density at radius 2 is 2.06 bits per heavy atom. The molecular formula is C11H16N2O3S. The normalized spacial score (nSPS) is 21.2. The number of hydrogen-bond acceptors (Lipinski definition) is 5. The standard InChI is InChI=1S/C11H16N2O3S/c1-9(14)10-2-3-12-11(8-10)13-4-6-17(15,16)7-5-13/h2-3,8-9,14H,4-7H2,1H3/t9-/m1/s1. The first-order valence-electron chi connectivity index (χ1n) is 5.57. The van der Waals surface area contributed by atoms with Gasteiger partial charge in [-0.05, 0) is 24.6 Å². The third kappa shape index (κ3) is 2.95. The molecule has 1 aliphatic heterocycles. The lowest BCUT2D eigenvalue weighted by atomic mass is 10.1. The Morgan fingerprint density at radius 1 is 1.41 bits per heavy atom. The van der Waals surface area contributed by atoms with Gasteiger partial charge in [-0.1, -0.05) is 0 Å². The van der Waals surface area contributed by atoms with Gasteiger partial charge < -0.3 is 10.0 Å². The van der Waals surface area contributed by atoms with E-state index in [-0.39, 0.29) is 11.5 Å². The van der Waals surface area contributed by atoms with E-state index in [0.29, 0.717) is 13.1 Å². The summed E-state index contributed by atoms with van der Waals surface area (Å²) in [7, 11) is -2.87. The summed E-state index contributed by atoms with van der Waals surface area (Å²) in [5.41, 5.74) is 0.795. The first-order chi connectivity index (χ1) is 7.98. The fourth-order valence-electron chi connectivity index (χ4n) is 1.81. The average Bonchev–Trinajstić information content (AvgIpc) is 2.29. The van der Waals surface area contributed by atoms with Crippen LogP contribution in [-0.2, 0) is 9.84 Å². The van der Waals surface area contributed by atoms with Gasteiger partial charge in [-0.2, -0.15) is 0 Å². The Hall–Kier alpha value is -1.14. The number of nitrogens with zero attached hydrogens (tertiary/aromatic N) is 2. The number of pyridine rings is 1. The molecule has 1 aromatic heterocycles. The van der Waals surface area contributed by atoms with E-state index in [0.717, 1.165) is 11.4 Å². The average molecular weight is 256 g/mol. The molecule has 5 nitrogen and oxygen atoms in total. The van der Waals surface area contributed by atoms with Crippen molar-refractivity contribution in [1.82, 2.24) is 4.98 Å². The lowest BCUT2D eigenvalue weighted by Gasteiger charge is -2.28. The van der Waals surface area contributed by atoms with Gasteiger partial charge in [-0.25, -0.2) is 13.4 Å². The maximum Gasteiger partial charge on any atom is 0.153 e. The van der Waals surface area contributed by atoms with Gasteiger partial charge in [0.15, 0.2) is 9.84 Å². The monoisotopic (exact) mass is 256 g/mol. The van der Waals surface area contributed by atoms with Crippen LogP contribution in [0, 0.1) is 0 Å². The summed E-state index contributed by atoms with van der Waals surface area (Å²) in [6.07, 6.45) is 1.10. The second-order valence-corrected chi connectivity index (χ2v) is 6.57. The summed E-state index contributed by atoms with van der Waals surface area (Å²) in [5, 5.41) is 9.49. The number of aromatic nitrogens is 1. The number of sulfone groups is 1. The van der Waals surface area contributed by atoms with E-state index in [1.807, 2.05) is 11.0 Å². The SMILES string of the molecule is C[C@@H](O)c1ccnc(N2CCS(=O)(=O)CC2)c1. The van der Waals surface area contributed by atoms with Crippen LogP contribution in [-0.4, -0.2) is 43.1 Å². The molecule has 1 saturated heterocycles. The van der Waals surface area contributed by atoms with E-state index >= 15 is 0 Å². The van der Waals surface area contributed by atoms with Crippen LogP contribution in [0.1, 0.15) is 18.6 Å². The van der Waals surface area contributed by atoms with Crippen molar-refractivity contribution in [3.8, 4) is 0 Å². The molecule has 1 fully saturated rings. The summed E-state index contributed by atoms with van der Waals surface area (Å²) >= 11 is 0. The van der Waals surface area contributed by atoms with Crippen LogP contribution in [0.2, 0.25) is 0 Å². The Kier molecular flexibility index (Phi) is 3.35. The number of rotatable bonds is 2. The molecule has 1 N–H and O–H groups in total. The van der Waals surface area contributed by atoms with Crippen molar-refractivity contribution in [2.75, 3.05) is 29.5 Å². The maximum atomic E-state index is 11.3. The Balaban J connectivity index is 2.16. The summed E-state index contributed by atoms with van der Waals surface area (Å²) < 4.78 is 22.6. The fourth-order valence-corrected chi connectivity index (χ4v) is 3.01. The van der Waals surface area contributed by atoms with E-state index < -0.39 is 15.9 Å². The molecule has 94 valence electrons. The molecule has 2 rings (SSSR count). The van der Waals surface area contributed by atoms with Crippen molar-refractivity contribution < 1.29 is 13.5 Å². The molecule has 6 heteroatoms. The van der Waals surface area contributed by atoms with Gasteiger partial charge in [0.1, 0.15) is 5.82 Å². The third-order valence-corrected chi connectivity index (χ3v) is 4.53. The third-order valence-electron chi connectivity index (χ3n) is 2.92. The van der Waals surface area contributed by atoms with Crippen LogP contribution in [0.25, 0.3) is 0 Å². The molecule has 0 unspecified atom stereocenters. The topological polar surface area (TPSA) is 70.5 Å². The highest BCUT2D eigenvalue weighted by Gasteiger charge is 2.22. The Morgan fingerprint density at radius 3 is 2.65 bits per heavy atom. The molecule has 0 bridgehead atoms. The zero-order valence-electron chi connectivity index (χ0n) is 9.70. The summed E-state index contributed by atoms with van der Waals surface area (Å²) in [6, 6.07) is 3.57. The maximum absolute atomic E-state index is 11.3. The highest BCUT2D eigenvalue weighted by atomic mass is 32.2. The number of aliphatic hydroxyl groups excluding tert-OH is 1. The zero-order valence-corrected chi connectivity index (χ0v) is 10.5. The number of anilines is 1. The van der Waals surface area contributed by atoms with Gasteiger partial charge in [-0.3, -0.25) is 0 Å². The van der Waals surface area contributed by atoms with Crippen LogP contribution in [0.4, 0.5) is 5.82 Å². The molecule has 1 aliphatic rings. The van der Waals surface area contributed by atoms with Gasteiger partial charge in [0.2, 0.25) is 0 Å². The lowest BCUT2D eigenvalue weighted by Crippen LogP contribution is -2.40. The molecule has 2 heterocycles. The Labute approximate surface area is 101 Å². The first kappa shape index (κ1) is 12.3. The minimum atomic E-state index is -2.87. The molecule has 0 aliphatic carbocycles. The minimum absolute atomic E-state index is 0.174. The highest BCUT2D eigenvalue weighted by molar-refractivity contribution is 7.91. The van der Waals surface area contributed by atoms with Crippen molar-refractivity contribution in [2.45, 2.75) is 13.0 Å². The van der Waals surface area contributed by atoms with E-state index in [4.69, 9.17) is 0 Å². The molecule has 1 aromatic rings. The van der Waals surface area contributed by atoms with E-state index in [1.54, 1.807) is 19.2 Å². The predicted octanol–water partition coefficient (Wildman–Crippen LogP) is 0.370. The van der Waals surface area contributed by atoms with Gasteiger partial charge in [0.05, 0.1) is 17.6 Å². The smallest absolute Gasteiger partial charge is 0.153 e. The number of aliphatic hydroxyl groups is 1. The second kappa shape index (κ2) is 4.62. The summed E-state index contributed by atoms with van der Waals surface area (Å²) in [6.45, 7) is 2.64. The van der Waals surface area contributed by atoms with Crippen molar-refractivity contribution in [3.05, 3.63) is 23.9 Å². The van der Waals surface area contributed by atoms with Crippen LogP contribution in [0.3, 0.4) is 0 Å². The molecule has 0 spiro atoms. The first-order valence-corrected chi connectivity index (χ1v) is 7.39. The lowest BCUT2D eigenvalue weighted by molar-refractivity contribution is 0.199. The largest absolute Gasteiger partial charge is 0.389 e. The molecule has 0 radical (unpaired) electrons. The van der Waals surface area contributed by atoms with Gasteiger partial charge in [0, 0.05) is 19.3 Å². The van der Waals surface area contributed by atoms with E-state index in [1.165, 1.54) is 0 Å². The van der Waals surface area contributed by atoms with Crippen LogP contribution in [0.5, 0.6) is 0 Å². The zero-order chi connectivity index (χ0) is 12.5. The fraction of sp³-hybridized carbons (Fsp3) is 0.545. The predicted molar refractivity (Wildman–Crippen MR) is 65.7 cm³/mol. The molecule has 0 aromatic carbocycles. The van der Waals surface area contributed by atoms with Crippen molar-refractivity contribution in [2.24, 2.45) is 0 Å². The summed E-state index contributed by atoms with van der Waals surface area (Å²) in [5.74, 6) is 1.08. The highest BCUT2D eigenvalue weighted by Crippen LogP contribution is 2.19.